The van der Waals surface area contributed by atoms with Crippen molar-refractivity contribution < 1.29 is 80.2 Å². The van der Waals surface area contributed by atoms with E-state index >= 15 is 0 Å². The Bertz CT molecular complexity index is 1850. The molecule has 19 heteroatoms. The van der Waals surface area contributed by atoms with E-state index in [0.717, 1.165) is 120 Å². The zero-order valence-electron chi connectivity index (χ0n) is 61.6. The largest absolute Gasteiger partial charge is 0.472 e. The fourth-order valence-corrected chi connectivity index (χ4v) is 12.9. The molecule has 0 aliphatic carbocycles. The molecule has 0 aliphatic heterocycles. The lowest BCUT2D eigenvalue weighted by Gasteiger charge is -2.21. The fraction of sp³-hybridized carbons (Fsp3) is 0.947. The van der Waals surface area contributed by atoms with Crippen molar-refractivity contribution in [2.45, 2.75) is 395 Å². The van der Waals surface area contributed by atoms with Gasteiger partial charge in [-0.1, -0.05) is 325 Å². The molecule has 0 aliphatic rings. The van der Waals surface area contributed by atoms with Gasteiger partial charge in [-0.3, -0.25) is 37.3 Å². The molecular formula is C75H146O17P2. The van der Waals surface area contributed by atoms with E-state index in [1.54, 1.807) is 0 Å². The number of hydrogen-bond acceptors (Lipinski definition) is 15. The van der Waals surface area contributed by atoms with E-state index in [4.69, 9.17) is 37.0 Å². The summed E-state index contributed by atoms with van der Waals surface area (Å²) in [6, 6.07) is 0. The fourth-order valence-electron chi connectivity index (χ4n) is 11.3. The maximum atomic E-state index is 13.1. The summed E-state index contributed by atoms with van der Waals surface area (Å²) in [5, 5.41) is 10.6. The minimum atomic E-state index is -4.96. The van der Waals surface area contributed by atoms with Crippen LogP contribution >= 0.6 is 15.6 Å². The third kappa shape index (κ3) is 67.3. The van der Waals surface area contributed by atoms with Gasteiger partial charge in [0.25, 0.3) is 0 Å². The molecule has 0 radical (unpaired) electrons. The van der Waals surface area contributed by atoms with Crippen molar-refractivity contribution in [2.24, 2.45) is 23.7 Å². The Balaban J connectivity index is 5.22. The number of aliphatic hydroxyl groups is 1. The number of ether oxygens (including phenoxy) is 4. The first-order chi connectivity index (χ1) is 45.1. The summed E-state index contributed by atoms with van der Waals surface area (Å²) in [5.41, 5.74) is 0. The molecule has 0 saturated carbocycles. The first-order valence-corrected chi connectivity index (χ1v) is 41.7. The molecule has 0 saturated heterocycles. The third-order valence-corrected chi connectivity index (χ3v) is 19.6. The normalized spacial score (nSPS) is 14.4. The predicted molar refractivity (Wildman–Crippen MR) is 381 cm³/mol. The molecule has 17 nitrogen and oxygen atoms in total. The molecule has 0 aromatic rings. The summed E-state index contributed by atoms with van der Waals surface area (Å²) in [7, 11) is -9.91. The summed E-state index contributed by atoms with van der Waals surface area (Å²) in [6.07, 6.45) is 48.7. The number of carbonyl (C=O) groups excluding carboxylic acids is 4. The van der Waals surface area contributed by atoms with E-state index in [1.165, 1.54) is 173 Å². The summed E-state index contributed by atoms with van der Waals surface area (Å²) in [5.74, 6) is 0.909. The second-order valence-electron chi connectivity index (χ2n) is 28.7. The molecule has 0 aromatic carbocycles. The summed E-state index contributed by atoms with van der Waals surface area (Å²) < 4.78 is 68.5. The SMILES string of the molecule is CCC(C)CCCCCCCCC(=O)OC[C@H](COP(=O)(O)OC[C@H](O)COP(=O)(O)OC[C@@H](COC(=O)CCCCCCCCCCCCCCC(C)C)OC(=O)CCCCCCCCCCC(C)C)OC(=O)CCCCCCCCCCCCCCCCCC(C)C. The van der Waals surface area contributed by atoms with Gasteiger partial charge in [-0.25, -0.2) is 9.13 Å². The van der Waals surface area contributed by atoms with Gasteiger partial charge in [-0.05, 0) is 49.4 Å². The van der Waals surface area contributed by atoms with E-state index in [9.17, 15) is 43.2 Å². The van der Waals surface area contributed by atoms with Gasteiger partial charge in [0, 0.05) is 25.7 Å². The van der Waals surface area contributed by atoms with E-state index in [-0.39, 0.29) is 25.7 Å². The van der Waals surface area contributed by atoms with E-state index < -0.39 is 97.5 Å². The van der Waals surface area contributed by atoms with Crippen molar-refractivity contribution in [3.05, 3.63) is 0 Å². The highest BCUT2D eigenvalue weighted by Gasteiger charge is 2.30. The number of hydrogen-bond donors (Lipinski definition) is 3. The number of carbonyl (C=O) groups is 4. The average molecular weight is 1380 g/mol. The van der Waals surface area contributed by atoms with Gasteiger partial charge in [0.05, 0.1) is 26.4 Å². The van der Waals surface area contributed by atoms with Crippen molar-refractivity contribution in [2.75, 3.05) is 39.6 Å². The van der Waals surface area contributed by atoms with Crippen LogP contribution in [0.25, 0.3) is 0 Å². The molecule has 94 heavy (non-hydrogen) atoms. The Kier molecular flexibility index (Phi) is 63.1. The van der Waals surface area contributed by atoms with Crippen molar-refractivity contribution >= 4 is 39.5 Å². The van der Waals surface area contributed by atoms with Crippen LogP contribution in [0.4, 0.5) is 0 Å². The van der Waals surface area contributed by atoms with Crippen LogP contribution < -0.4 is 0 Å². The molecule has 0 spiro atoms. The summed E-state index contributed by atoms with van der Waals surface area (Å²) >= 11 is 0. The zero-order chi connectivity index (χ0) is 69.6. The Morgan fingerprint density at radius 1 is 0.298 bits per heavy atom. The van der Waals surface area contributed by atoms with Gasteiger partial charge < -0.3 is 33.8 Å². The van der Waals surface area contributed by atoms with Crippen LogP contribution in [-0.4, -0.2) is 96.7 Å². The highest BCUT2D eigenvalue weighted by molar-refractivity contribution is 7.47. The van der Waals surface area contributed by atoms with Gasteiger partial charge in [0.2, 0.25) is 0 Å². The second-order valence-corrected chi connectivity index (χ2v) is 31.6. The second kappa shape index (κ2) is 64.4. The van der Waals surface area contributed by atoms with Crippen LogP contribution in [0.5, 0.6) is 0 Å². The Morgan fingerprint density at radius 2 is 0.511 bits per heavy atom. The predicted octanol–water partition coefficient (Wildman–Crippen LogP) is 21.7. The molecule has 3 unspecified atom stereocenters. The van der Waals surface area contributed by atoms with Crippen molar-refractivity contribution in [3.8, 4) is 0 Å². The molecule has 0 fully saturated rings. The standard InChI is InChI=1S/C75H146O17P2/c1-9-68(8)54-46-38-33-34-40-48-56-73(78)86-62-71(91-74(79)57-49-41-31-24-20-14-12-10-11-13-17-21-27-35-43-51-65(2)3)64-90-94(83,84)88-60-69(76)59-87-93(81,82)89-63-70(92-75(80)58-50-42-32-26-25-29-37-45-53-67(6)7)61-85-72(77)55-47-39-30-23-19-16-15-18-22-28-36-44-52-66(4)5/h65-71,76H,9-64H2,1-8H3,(H,81,82)(H,83,84)/t68?,69-,70-,71-/m1/s1. The van der Waals surface area contributed by atoms with Crippen molar-refractivity contribution in [1.82, 2.24) is 0 Å². The molecule has 0 rings (SSSR count). The quantitative estimate of drug-likeness (QED) is 0.0222. The van der Waals surface area contributed by atoms with Gasteiger partial charge in [0.1, 0.15) is 19.3 Å². The Labute approximate surface area is 575 Å². The minimum Gasteiger partial charge on any atom is -0.462 e. The molecular weight excluding hydrogens is 1230 g/mol. The lowest BCUT2D eigenvalue weighted by Crippen LogP contribution is -2.30. The number of aliphatic hydroxyl groups excluding tert-OH is 1. The number of rotatable bonds is 72. The molecule has 558 valence electrons. The first-order valence-electron chi connectivity index (χ1n) is 38.7. The van der Waals surface area contributed by atoms with Crippen LogP contribution in [-0.2, 0) is 65.4 Å². The molecule has 0 bridgehead atoms. The van der Waals surface area contributed by atoms with E-state index in [0.29, 0.717) is 25.7 Å². The lowest BCUT2D eigenvalue weighted by atomic mass is 10.00. The summed E-state index contributed by atoms with van der Waals surface area (Å²) in [4.78, 5) is 72.7. The minimum absolute atomic E-state index is 0.104. The van der Waals surface area contributed by atoms with E-state index in [2.05, 4.69) is 55.4 Å². The van der Waals surface area contributed by atoms with Crippen molar-refractivity contribution in [1.29, 1.82) is 0 Å². The van der Waals surface area contributed by atoms with Gasteiger partial charge in [0.15, 0.2) is 12.2 Å². The topological polar surface area (TPSA) is 237 Å². The molecule has 0 amide bonds. The third-order valence-electron chi connectivity index (χ3n) is 17.7. The first kappa shape index (κ1) is 92.1. The Hall–Kier alpha value is -1.94. The van der Waals surface area contributed by atoms with Crippen LogP contribution in [0.2, 0.25) is 0 Å². The van der Waals surface area contributed by atoms with Gasteiger partial charge in [-0.15, -0.1) is 0 Å². The maximum absolute atomic E-state index is 13.1. The van der Waals surface area contributed by atoms with Gasteiger partial charge in [-0.2, -0.15) is 0 Å². The maximum Gasteiger partial charge on any atom is 0.472 e. The zero-order valence-corrected chi connectivity index (χ0v) is 63.4. The molecule has 0 heterocycles. The summed E-state index contributed by atoms with van der Waals surface area (Å²) in [6.45, 7) is 14.2. The molecule has 0 aromatic heterocycles. The van der Waals surface area contributed by atoms with Crippen LogP contribution in [0.1, 0.15) is 376 Å². The van der Waals surface area contributed by atoms with Crippen molar-refractivity contribution in [3.63, 3.8) is 0 Å². The monoisotopic (exact) mass is 1380 g/mol. The lowest BCUT2D eigenvalue weighted by molar-refractivity contribution is -0.161. The van der Waals surface area contributed by atoms with Gasteiger partial charge >= 0.3 is 39.5 Å². The highest BCUT2D eigenvalue weighted by Crippen LogP contribution is 2.45. The number of esters is 4. The Morgan fingerprint density at radius 3 is 0.755 bits per heavy atom. The van der Waals surface area contributed by atoms with Crippen LogP contribution in [0.3, 0.4) is 0 Å². The number of unbranched alkanes of at least 4 members (excludes halogenated alkanes) is 37. The van der Waals surface area contributed by atoms with Crippen LogP contribution in [0.15, 0.2) is 0 Å². The molecule has 6 atom stereocenters. The smallest absolute Gasteiger partial charge is 0.462 e. The average Bonchev–Trinajstić information content (AvgIpc) is 2.16. The number of phosphoric acid groups is 2. The molecule has 3 N–H and O–H groups in total. The van der Waals surface area contributed by atoms with E-state index in [1.807, 2.05) is 0 Å². The highest BCUT2D eigenvalue weighted by atomic mass is 31.2. The van der Waals surface area contributed by atoms with Crippen LogP contribution in [0, 0.1) is 23.7 Å². The number of phosphoric ester groups is 2.